The van der Waals surface area contributed by atoms with E-state index >= 15 is 0 Å². The number of piperidine rings is 1. The number of sulfonamides is 1. The van der Waals surface area contributed by atoms with E-state index < -0.39 is 15.6 Å². The van der Waals surface area contributed by atoms with Crippen molar-refractivity contribution in [2.45, 2.75) is 43.2 Å². The molecule has 1 saturated heterocycles. The summed E-state index contributed by atoms with van der Waals surface area (Å²) < 4.78 is 36.2. The van der Waals surface area contributed by atoms with E-state index in [1.54, 1.807) is 43.7 Å². The summed E-state index contributed by atoms with van der Waals surface area (Å²) in [5, 5.41) is 0. The Morgan fingerprint density at radius 3 is 2.61 bits per heavy atom. The van der Waals surface area contributed by atoms with Crippen molar-refractivity contribution in [1.82, 2.24) is 8.87 Å². The molecular weight excluding hydrogens is 418 g/mol. The summed E-state index contributed by atoms with van der Waals surface area (Å²) in [7, 11) is -2.10. The van der Waals surface area contributed by atoms with Crippen molar-refractivity contribution in [3.63, 3.8) is 0 Å². The van der Waals surface area contributed by atoms with Gasteiger partial charge in [0.25, 0.3) is 11.5 Å². The third kappa shape index (κ3) is 3.10. The van der Waals surface area contributed by atoms with Gasteiger partial charge in [-0.05, 0) is 44.4 Å². The highest BCUT2D eigenvalue weighted by Gasteiger charge is 2.42. The number of ether oxygens (including phenoxy) is 1. The minimum absolute atomic E-state index is 0.00672. The van der Waals surface area contributed by atoms with Gasteiger partial charge in [-0.3, -0.25) is 9.59 Å². The van der Waals surface area contributed by atoms with Crippen LogP contribution in [0.3, 0.4) is 0 Å². The lowest BCUT2D eigenvalue weighted by molar-refractivity contribution is -0.132. The van der Waals surface area contributed by atoms with Crippen LogP contribution in [0.2, 0.25) is 0 Å². The maximum absolute atomic E-state index is 13.5. The Morgan fingerprint density at radius 2 is 1.84 bits per heavy atom. The molecule has 164 valence electrons. The first-order valence-corrected chi connectivity index (χ1v) is 11.8. The summed E-state index contributed by atoms with van der Waals surface area (Å²) in [5.74, 6) is 0.279. The number of likely N-dealkylation sites (N-methyl/N-ethyl adjacent to an activating group) is 1. The maximum Gasteiger partial charge on any atom is 0.270 e. The smallest absolute Gasteiger partial charge is 0.270 e. The van der Waals surface area contributed by atoms with E-state index in [9.17, 15) is 18.0 Å². The minimum atomic E-state index is -3.76. The lowest BCUT2D eigenvalue weighted by atomic mass is 9.84. The quantitative estimate of drug-likeness (QED) is 0.706. The van der Waals surface area contributed by atoms with Gasteiger partial charge in [-0.25, -0.2) is 8.42 Å². The van der Waals surface area contributed by atoms with Gasteiger partial charge in [0.15, 0.2) is 5.60 Å². The largest absolute Gasteiger partial charge is 0.476 e. The van der Waals surface area contributed by atoms with Crippen molar-refractivity contribution in [3.8, 4) is 5.75 Å². The fraction of sp³-hybridized carbons (Fsp3) is 0.455. The standard InChI is InChI=1S/C22H25N3O5S/c1-22(2)21(27)23(3)18-8-7-16(10-19(18)30-22)31(28,29)24-11-14-9-15(13-24)17-5-4-6-20(26)25(17)12-14/h4-8,10,14-15H,9,11-13H2,1-3H3/t14-,15+/m1/s1. The highest BCUT2D eigenvalue weighted by molar-refractivity contribution is 7.89. The van der Waals surface area contributed by atoms with E-state index in [0.29, 0.717) is 31.1 Å². The average molecular weight is 444 g/mol. The van der Waals surface area contributed by atoms with Crippen LogP contribution >= 0.6 is 0 Å². The molecule has 9 heteroatoms. The second kappa shape index (κ2) is 6.67. The molecule has 0 radical (unpaired) electrons. The number of fused-ring (bicyclic) bond motifs is 5. The van der Waals surface area contributed by atoms with Gasteiger partial charge in [0.05, 0.1) is 10.6 Å². The topological polar surface area (TPSA) is 88.9 Å². The highest BCUT2D eigenvalue weighted by atomic mass is 32.2. The number of nitrogens with zero attached hydrogens (tertiary/aromatic N) is 3. The molecule has 3 aliphatic rings. The molecule has 0 aliphatic carbocycles. The summed E-state index contributed by atoms with van der Waals surface area (Å²) in [6.45, 7) is 4.58. The van der Waals surface area contributed by atoms with Gasteiger partial charge >= 0.3 is 0 Å². The lowest BCUT2D eigenvalue weighted by Crippen LogP contribution is -2.51. The molecule has 2 aromatic rings. The van der Waals surface area contributed by atoms with E-state index in [2.05, 4.69) is 0 Å². The molecule has 3 aliphatic heterocycles. The Bertz CT molecular complexity index is 1250. The predicted octanol–water partition coefficient (Wildman–Crippen LogP) is 1.79. The second-order valence-electron chi connectivity index (χ2n) is 9.13. The van der Waals surface area contributed by atoms with Crippen LogP contribution in [0.25, 0.3) is 0 Å². The Balaban J connectivity index is 1.49. The molecule has 5 rings (SSSR count). The fourth-order valence-electron chi connectivity index (χ4n) is 5.04. The number of pyridine rings is 1. The number of rotatable bonds is 2. The molecule has 2 bridgehead atoms. The van der Waals surface area contributed by atoms with Crippen LogP contribution < -0.4 is 15.2 Å². The predicted molar refractivity (Wildman–Crippen MR) is 115 cm³/mol. The van der Waals surface area contributed by atoms with E-state index in [4.69, 9.17) is 4.74 Å². The molecule has 8 nitrogen and oxygen atoms in total. The second-order valence-corrected chi connectivity index (χ2v) is 11.1. The molecule has 0 saturated carbocycles. The van der Waals surface area contributed by atoms with Crippen LogP contribution in [0, 0.1) is 5.92 Å². The van der Waals surface area contributed by atoms with Gasteiger partial charge in [0.2, 0.25) is 10.0 Å². The Hall–Kier alpha value is -2.65. The van der Waals surface area contributed by atoms with Crippen molar-refractivity contribution in [2.24, 2.45) is 5.92 Å². The van der Waals surface area contributed by atoms with Crippen LogP contribution in [0.1, 0.15) is 31.9 Å². The molecule has 0 N–H and O–H groups in total. The van der Waals surface area contributed by atoms with Crippen molar-refractivity contribution in [3.05, 3.63) is 52.4 Å². The van der Waals surface area contributed by atoms with Crippen LogP contribution in [0.5, 0.6) is 5.75 Å². The normalized spacial score (nSPS) is 24.9. The number of amides is 1. The summed E-state index contributed by atoms with van der Waals surface area (Å²) >= 11 is 0. The average Bonchev–Trinajstić information content (AvgIpc) is 2.72. The summed E-state index contributed by atoms with van der Waals surface area (Å²) in [5.41, 5.74) is 0.353. The molecule has 0 unspecified atom stereocenters. The van der Waals surface area contributed by atoms with Gasteiger partial charge in [0, 0.05) is 50.4 Å². The van der Waals surface area contributed by atoms with Crippen molar-refractivity contribution in [2.75, 3.05) is 25.0 Å². The Kier molecular flexibility index (Phi) is 4.36. The van der Waals surface area contributed by atoms with Crippen LogP contribution in [0.15, 0.2) is 46.1 Å². The zero-order valence-corrected chi connectivity index (χ0v) is 18.6. The molecule has 2 atom stereocenters. The molecule has 1 aromatic carbocycles. The van der Waals surface area contributed by atoms with Crippen LogP contribution in [-0.4, -0.2) is 48.9 Å². The zero-order chi connectivity index (χ0) is 22.1. The number of hydrogen-bond donors (Lipinski definition) is 0. The van der Waals surface area contributed by atoms with Crippen LogP contribution in [0.4, 0.5) is 5.69 Å². The maximum atomic E-state index is 13.5. The first kappa shape index (κ1) is 20.3. The lowest BCUT2D eigenvalue weighted by Gasteiger charge is -2.42. The number of carbonyl (C=O) groups excluding carboxylic acids is 1. The van der Waals surface area contributed by atoms with E-state index in [1.165, 1.54) is 21.3 Å². The monoisotopic (exact) mass is 443 g/mol. The molecule has 4 heterocycles. The molecular formula is C22H25N3O5S. The number of aromatic nitrogens is 1. The molecule has 1 fully saturated rings. The Labute approximate surface area is 181 Å². The highest BCUT2D eigenvalue weighted by Crippen LogP contribution is 2.41. The van der Waals surface area contributed by atoms with Gasteiger partial charge in [-0.15, -0.1) is 0 Å². The first-order valence-electron chi connectivity index (χ1n) is 10.4. The summed E-state index contributed by atoms with van der Waals surface area (Å²) in [6.07, 6.45) is 0.879. The van der Waals surface area contributed by atoms with Crippen molar-refractivity contribution < 1.29 is 17.9 Å². The van der Waals surface area contributed by atoms with Crippen molar-refractivity contribution >= 4 is 21.6 Å². The van der Waals surface area contributed by atoms with Crippen LogP contribution in [-0.2, 0) is 21.4 Å². The molecule has 1 amide bonds. The van der Waals surface area contributed by atoms with Crippen molar-refractivity contribution in [1.29, 1.82) is 0 Å². The third-order valence-corrected chi connectivity index (χ3v) is 8.39. The summed E-state index contributed by atoms with van der Waals surface area (Å²) in [6, 6.07) is 9.87. The Morgan fingerprint density at radius 1 is 1.06 bits per heavy atom. The molecule has 1 aromatic heterocycles. The van der Waals surface area contributed by atoms with E-state index in [0.717, 1.165) is 12.1 Å². The fourth-order valence-corrected chi connectivity index (χ4v) is 6.62. The van der Waals surface area contributed by atoms with Gasteiger partial charge in [-0.2, -0.15) is 4.31 Å². The minimum Gasteiger partial charge on any atom is -0.476 e. The molecule has 31 heavy (non-hydrogen) atoms. The first-order chi connectivity index (χ1) is 14.6. The number of carbonyl (C=O) groups is 1. The zero-order valence-electron chi connectivity index (χ0n) is 17.7. The van der Waals surface area contributed by atoms with Gasteiger partial charge in [-0.1, -0.05) is 6.07 Å². The molecule has 0 spiro atoms. The number of anilines is 1. The third-order valence-electron chi connectivity index (χ3n) is 6.56. The SMILES string of the molecule is CN1C(=O)C(C)(C)Oc2cc(S(=O)(=O)N3C[C@H]4C[C@@H](C3)c3cccc(=O)n3C4)ccc21. The number of benzene rings is 1. The van der Waals surface area contributed by atoms with Gasteiger partial charge < -0.3 is 14.2 Å². The number of hydrogen-bond acceptors (Lipinski definition) is 5. The van der Waals surface area contributed by atoms with Gasteiger partial charge in [0.1, 0.15) is 5.75 Å². The van der Waals surface area contributed by atoms with E-state index in [1.807, 2.05) is 6.07 Å². The summed E-state index contributed by atoms with van der Waals surface area (Å²) in [4.78, 5) is 26.3. The van der Waals surface area contributed by atoms with E-state index in [-0.39, 0.29) is 28.2 Å².